The van der Waals surface area contributed by atoms with Crippen LogP contribution in [-0.4, -0.2) is 22.7 Å². The number of benzene rings is 1. The van der Waals surface area contributed by atoms with Crippen molar-refractivity contribution in [1.82, 2.24) is 4.98 Å². The van der Waals surface area contributed by atoms with E-state index in [0.717, 1.165) is 0 Å². The Morgan fingerprint density at radius 1 is 1.47 bits per heavy atom. The van der Waals surface area contributed by atoms with Crippen LogP contribution in [0.3, 0.4) is 0 Å². The van der Waals surface area contributed by atoms with Crippen molar-refractivity contribution in [2.24, 2.45) is 0 Å². The number of hydrogen-bond donors (Lipinski definition) is 2. The molecule has 0 bridgehead atoms. The summed E-state index contributed by atoms with van der Waals surface area (Å²) in [5.74, 6) is -0.632. The van der Waals surface area contributed by atoms with Gasteiger partial charge in [0.2, 0.25) is 0 Å². The van der Waals surface area contributed by atoms with E-state index < -0.39 is 12.6 Å². The first-order valence-corrected chi connectivity index (χ1v) is 6.21. The van der Waals surface area contributed by atoms with E-state index in [-0.39, 0.29) is 5.56 Å². The molecule has 6 heteroatoms. The lowest BCUT2D eigenvalue weighted by atomic mass is 10.2. The van der Waals surface area contributed by atoms with Crippen molar-refractivity contribution in [2.45, 2.75) is 0 Å². The molecule has 2 aromatic rings. The van der Waals surface area contributed by atoms with Crippen molar-refractivity contribution in [3.8, 4) is 5.75 Å². The number of ether oxygens (including phenoxy) is 1. The fourth-order valence-electron chi connectivity index (χ4n) is 1.50. The number of aromatic nitrogens is 1. The fraction of sp³-hybridized carbons (Fsp3) is 0.0769. The number of carboxylic acids is 1. The molecule has 2 rings (SSSR count). The molecule has 0 radical (unpaired) electrons. The normalized spacial score (nSPS) is 11.5. The van der Waals surface area contributed by atoms with E-state index in [4.69, 9.17) is 9.84 Å². The van der Waals surface area contributed by atoms with Gasteiger partial charge in [0, 0.05) is 5.56 Å². The van der Waals surface area contributed by atoms with Crippen LogP contribution in [0.5, 0.6) is 5.75 Å². The Bertz CT molecular complexity index is 759. The van der Waals surface area contributed by atoms with Crippen LogP contribution in [-0.2, 0) is 4.79 Å². The predicted molar refractivity (Wildman–Crippen MR) is 72.9 cm³/mol. The minimum absolute atomic E-state index is 0.219. The molecule has 0 amide bonds. The Morgan fingerprint density at radius 2 is 2.21 bits per heavy atom. The highest BCUT2D eigenvalue weighted by molar-refractivity contribution is 7.07. The highest BCUT2D eigenvalue weighted by atomic mass is 32.1. The second kappa shape index (κ2) is 5.53. The van der Waals surface area contributed by atoms with Gasteiger partial charge in [-0.05, 0) is 12.1 Å². The van der Waals surface area contributed by atoms with Gasteiger partial charge in [0.05, 0.1) is 9.20 Å². The van der Waals surface area contributed by atoms with Crippen LogP contribution in [0.15, 0.2) is 29.1 Å². The second-order valence-electron chi connectivity index (χ2n) is 3.71. The molecule has 2 N–H and O–H groups in total. The van der Waals surface area contributed by atoms with Gasteiger partial charge in [0.15, 0.2) is 6.61 Å². The van der Waals surface area contributed by atoms with E-state index in [0.29, 0.717) is 20.5 Å². The van der Waals surface area contributed by atoms with Gasteiger partial charge in [-0.1, -0.05) is 24.8 Å². The number of carbonyl (C=O) groups is 1. The monoisotopic (exact) mass is 277 g/mol. The summed E-state index contributed by atoms with van der Waals surface area (Å²) in [6, 6.07) is 6.92. The average Bonchev–Trinajstić information content (AvgIpc) is 2.67. The summed E-state index contributed by atoms with van der Waals surface area (Å²) in [6.07, 6.45) is 1.65. The van der Waals surface area contributed by atoms with Crippen LogP contribution in [0.4, 0.5) is 0 Å². The van der Waals surface area contributed by atoms with Crippen molar-refractivity contribution in [3.05, 3.63) is 49.4 Å². The van der Waals surface area contributed by atoms with E-state index in [1.165, 1.54) is 11.3 Å². The van der Waals surface area contributed by atoms with Crippen LogP contribution in [0.25, 0.3) is 12.7 Å². The quantitative estimate of drug-likeness (QED) is 0.833. The van der Waals surface area contributed by atoms with Crippen LogP contribution in [0.2, 0.25) is 0 Å². The second-order valence-corrected chi connectivity index (χ2v) is 4.84. The topological polar surface area (TPSA) is 79.4 Å². The Labute approximate surface area is 112 Å². The summed E-state index contributed by atoms with van der Waals surface area (Å²) in [5.41, 5.74) is 0.430. The molecule has 0 saturated heterocycles. The summed E-state index contributed by atoms with van der Waals surface area (Å²) in [6.45, 7) is 3.24. The van der Waals surface area contributed by atoms with Gasteiger partial charge in [-0.3, -0.25) is 4.79 Å². The van der Waals surface area contributed by atoms with Gasteiger partial charge in [0.25, 0.3) is 5.56 Å². The third-order valence-corrected chi connectivity index (χ3v) is 3.14. The van der Waals surface area contributed by atoms with E-state index in [1.54, 1.807) is 30.3 Å². The number of rotatable bonds is 4. The van der Waals surface area contributed by atoms with E-state index in [2.05, 4.69) is 11.6 Å². The van der Waals surface area contributed by atoms with Crippen LogP contribution >= 0.6 is 11.3 Å². The molecule has 0 atom stereocenters. The lowest BCUT2D eigenvalue weighted by Gasteiger charge is -2.05. The number of carboxylic acid groups (broad SMARTS) is 1. The number of nitrogens with one attached hydrogen (secondary N) is 1. The molecule has 0 saturated carbocycles. The first-order valence-electron chi connectivity index (χ1n) is 5.39. The molecule has 0 spiro atoms. The number of aromatic amines is 1. The molecule has 0 aliphatic rings. The van der Waals surface area contributed by atoms with Gasteiger partial charge < -0.3 is 14.8 Å². The van der Waals surface area contributed by atoms with Gasteiger partial charge in [-0.15, -0.1) is 11.3 Å². The van der Waals surface area contributed by atoms with Crippen molar-refractivity contribution < 1.29 is 14.6 Å². The number of aliphatic carboxylic acids is 1. The fourth-order valence-corrected chi connectivity index (χ4v) is 2.24. The summed E-state index contributed by atoms with van der Waals surface area (Å²) < 4.78 is 6.23. The highest BCUT2D eigenvalue weighted by Gasteiger charge is 2.04. The van der Waals surface area contributed by atoms with Crippen LogP contribution in [0, 0.1) is 0 Å². The van der Waals surface area contributed by atoms with Crippen LogP contribution < -0.4 is 19.5 Å². The Kier molecular flexibility index (Phi) is 3.82. The Morgan fingerprint density at radius 3 is 2.84 bits per heavy atom. The number of para-hydroxylation sites is 1. The smallest absolute Gasteiger partial charge is 0.341 e. The molecule has 1 aromatic heterocycles. The maximum atomic E-state index is 11.6. The molecule has 1 heterocycles. The third-order valence-electron chi connectivity index (χ3n) is 2.27. The minimum Gasteiger partial charge on any atom is -0.481 e. The summed E-state index contributed by atoms with van der Waals surface area (Å²) in [5, 5.41) is 8.61. The van der Waals surface area contributed by atoms with Gasteiger partial charge >= 0.3 is 5.97 Å². The minimum atomic E-state index is -1.05. The molecular formula is C13H11NO4S. The summed E-state index contributed by atoms with van der Waals surface area (Å²) in [4.78, 5) is 24.7. The molecule has 5 nitrogen and oxygen atoms in total. The standard InChI is InChI=1S/C13H11NO4S/c1-8-14-13(17)11(19-8)6-9-4-2-3-5-10(9)18-7-12(15)16/h2-6H,1,7H2,(H,14,17)(H,15,16)/b11-6-. The zero-order valence-electron chi connectivity index (χ0n) is 9.88. The lowest BCUT2D eigenvalue weighted by molar-refractivity contribution is -0.139. The molecule has 0 aliphatic carbocycles. The van der Waals surface area contributed by atoms with E-state index in [9.17, 15) is 9.59 Å². The van der Waals surface area contributed by atoms with Gasteiger partial charge in [0.1, 0.15) is 5.75 Å². The number of thiazole rings is 1. The van der Waals surface area contributed by atoms with Crippen molar-refractivity contribution in [3.63, 3.8) is 0 Å². The molecule has 1 aromatic carbocycles. The average molecular weight is 277 g/mol. The van der Waals surface area contributed by atoms with E-state index in [1.807, 2.05) is 0 Å². The number of hydrogen-bond acceptors (Lipinski definition) is 4. The Balaban J connectivity index is 2.43. The van der Waals surface area contributed by atoms with Crippen molar-refractivity contribution >= 4 is 30.0 Å². The Hall–Kier alpha value is -2.34. The summed E-state index contributed by atoms with van der Waals surface area (Å²) in [7, 11) is 0. The zero-order valence-corrected chi connectivity index (χ0v) is 10.7. The first-order chi connectivity index (χ1) is 9.06. The van der Waals surface area contributed by atoms with Gasteiger partial charge in [-0.25, -0.2) is 4.79 Å². The lowest BCUT2D eigenvalue weighted by Crippen LogP contribution is -2.19. The molecular weight excluding hydrogens is 266 g/mol. The zero-order chi connectivity index (χ0) is 13.8. The maximum absolute atomic E-state index is 11.6. The highest BCUT2D eigenvalue weighted by Crippen LogP contribution is 2.18. The largest absolute Gasteiger partial charge is 0.481 e. The first kappa shape index (κ1) is 13.1. The molecule has 0 fully saturated rings. The molecule has 98 valence electrons. The maximum Gasteiger partial charge on any atom is 0.341 e. The van der Waals surface area contributed by atoms with E-state index >= 15 is 0 Å². The molecule has 0 unspecified atom stereocenters. The predicted octanol–water partition coefficient (Wildman–Crippen LogP) is 0.139. The third kappa shape index (κ3) is 3.32. The molecule has 19 heavy (non-hydrogen) atoms. The van der Waals surface area contributed by atoms with Gasteiger partial charge in [-0.2, -0.15) is 0 Å². The number of H-pyrrole nitrogens is 1. The SMILES string of the molecule is C=c1[nH]c(=O)/c(=C/c2ccccc2OCC(=O)O)s1. The van der Waals surface area contributed by atoms with Crippen molar-refractivity contribution in [2.75, 3.05) is 6.61 Å². The van der Waals surface area contributed by atoms with Crippen molar-refractivity contribution in [1.29, 1.82) is 0 Å². The van der Waals surface area contributed by atoms with Crippen LogP contribution in [0.1, 0.15) is 5.56 Å². The molecule has 0 aliphatic heterocycles. The summed E-state index contributed by atoms with van der Waals surface area (Å²) >= 11 is 1.24.